The zero-order chi connectivity index (χ0) is 13.8. The highest BCUT2D eigenvalue weighted by Crippen LogP contribution is 2.24. The van der Waals surface area contributed by atoms with Gasteiger partial charge in [-0.25, -0.2) is 0 Å². The Labute approximate surface area is 112 Å². The third kappa shape index (κ3) is 3.16. The van der Waals surface area contributed by atoms with Crippen LogP contribution in [0.5, 0.6) is 5.75 Å². The van der Waals surface area contributed by atoms with Crippen molar-refractivity contribution in [2.75, 3.05) is 5.32 Å². The number of rotatable bonds is 5. The summed E-state index contributed by atoms with van der Waals surface area (Å²) in [6.07, 6.45) is 5.67. The first-order valence-corrected chi connectivity index (χ1v) is 6.25. The Morgan fingerprint density at radius 3 is 2.58 bits per heavy atom. The Morgan fingerprint density at radius 1 is 1.26 bits per heavy atom. The molecule has 0 unspecified atom stereocenters. The molecular formula is C15H18N2O2. The second-order valence-corrected chi connectivity index (χ2v) is 4.73. The molecule has 0 saturated carbocycles. The molecule has 4 heteroatoms. The van der Waals surface area contributed by atoms with Gasteiger partial charge in [-0.3, -0.25) is 4.79 Å². The molecule has 0 atom stereocenters. The lowest BCUT2D eigenvalue weighted by Gasteiger charge is -2.07. The fraction of sp³-hybridized carbons (Fsp3) is 0.267. The molecule has 4 nitrogen and oxygen atoms in total. The van der Waals surface area contributed by atoms with Crippen LogP contribution in [0, 0.1) is 13.8 Å². The molecule has 0 aliphatic rings. The summed E-state index contributed by atoms with van der Waals surface area (Å²) >= 11 is 0. The minimum absolute atomic E-state index is 0.0866. The topological polar surface area (TPSA) is 54.3 Å². The van der Waals surface area contributed by atoms with Crippen LogP contribution in [0.2, 0.25) is 0 Å². The number of aromatic nitrogens is 1. The van der Waals surface area contributed by atoms with Crippen LogP contribution in [0.3, 0.4) is 0 Å². The van der Waals surface area contributed by atoms with Gasteiger partial charge in [-0.2, -0.15) is 0 Å². The molecular weight excluding hydrogens is 240 g/mol. The van der Waals surface area contributed by atoms with Gasteiger partial charge >= 0.3 is 0 Å². The number of phenols is 1. The molecule has 1 heterocycles. The van der Waals surface area contributed by atoms with Gasteiger partial charge in [0.1, 0.15) is 5.75 Å². The largest absolute Gasteiger partial charge is 0.506 e. The van der Waals surface area contributed by atoms with Gasteiger partial charge in [-0.15, -0.1) is 0 Å². The Bertz CT molecular complexity index is 568. The van der Waals surface area contributed by atoms with E-state index in [-0.39, 0.29) is 5.75 Å². The number of benzene rings is 1. The zero-order valence-corrected chi connectivity index (χ0v) is 11.2. The van der Waals surface area contributed by atoms with Crippen molar-refractivity contribution in [1.29, 1.82) is 0 Å². The number of amides is 1. The third-order valence-corrected chi connectivity index (χ3v) is 3.28. The van der Waals surface area contributed by atoms with Crippen molar-refractivity contribution >= 4 is 12.1 Å². The van der Waals surface area contributed by atoms with E-state index in [2.05, 4.69) is 36.1 Å². The predicted molar refractivity (Wildman–Crippen MR) is 75.4 cm³/mol. The van der Waals surface area contributed by atoms with Crippen LogP contribution in [-0.4, -0.2) is 16.1 Å². The highest BCUT2D eigenvalue weighted by atomic mass is 16.3. The maximum absolute atomic E-state index is 10.4. The van der Waals surface area contributed by atoms with Gasteiger partial charge in [0, 0.05) is 18.9 Å². The molecule has 0 bridgehead atoms. The standard InChI is InChI=1S/C15H18N2O2/c1-11-8-17(9-12(11)2)6-5-13-3-4-15(19)14(7-13)16-10-18/h3-4,7-10,19H,5-6H2,1-2H3,(H,16,18). The maximum Gasteiger partial charge on any atom is 0.211 e. The highest BCUT2D eigenvalue weighted by Gasteiger charge is 2.03. The molecule has 2 rings (SSSR count). The molecule has 1 amide bonds. The van der Waals surface area contributed by atoms with E-state index < -0.39 is 0 Å². The molecule has 2 aromatic rings. The van der Waals surface area contributed by atoms with E-state index in [1.54, 1.807) is 12.1 Å². The molecule has 0 spiro atoms. The summed E-state index contributed by atoms with van der Waals surface area (Å²) in [7, 11) is 0. The number of hydrogen-bond donors (Lipinski definition) is 2. The fourth-order valence-corrected chi connectivity index (χ4v) is 2.04. The highest BCUT2D eigenvalue weighted by molar-refractivity contribution is 5.75. The molecule has 0 radical (unpaired) electrons. The third-order valence-electron chi connectivity index (χ3n) is 3.28. The first-order valence-electron chi connectivity index (χ1n) is 6.25. The minimum atomic E-state index is 0.0866. The van der Waals surface area contributed by atoms with Gasteiger partial charge in [-0.1, -0.05) is 6.07 Å². The van der Waals surface area contributed by atoms with Gasteiger partial charge in [0.25, 0.3) is 0 Å². The number of carbonyl (C=O) groups is 1. The van der Waals surface area contributed by atoms with E-state index in [0.717, 1.165) is 18.5 Å². The number of phenolic OH excluding ortho intramolecular Hbond substituents is 1. The van der Waals surface area contributed by atoms with Gasteiger partial charge in [0.05, 0.1) is 5.69 Å². The Kier molecular flexibility index (Phi) is 3.90. The molecule has 1 aromatic heterocycles. The van der Waals surface area contributed by atoms with E-state index >= 15 is 0 Å². The molecule has 0 aliphatic carbocycles. The summed E-state index contributed by atoms with van der Waals surface area (Å²) in [5.41, 5.74) is 4.10. The van der Waals surface area contributed by atoms with Crippen LogP contribution in [0.15, 0.2) is 30.6 Å². The molecule has 100 valence electrons. The van der Waals surface area contributed by atoms with Crippen molar-refractivity contribution in [2.45, 2.75) is 26.8 Å². The molecule has 0 saturated heterocycles. The van der Waals surface area contributed by atoms with Gasteiger partial charge in [0.2, 0.25) is 6.41 Å². The van der Waals surface area contributed by atoms with Crippen molar-refractivity contribution in [3.8, 4) is 5.75 Å². The average Bonchev–Trinajstić information content (AvgIpc) is 2.70. The number of aryl methyl sites for hydroxylation is 4. The van der Waals surface area contributed by atoms with E-state index in [9.17, 15) is 9.90 Å². The molecule has 19 heavy (non-hydrogen) atoms. The average molecular weight is 258 g/mol. The number of nitrogens with one attached hydrogen (secondary N) is 1. The summed E-state index contributed by atoms with van der Waals surface area (Å²) in [4.78, 5) is 10.4. The number of anilines is 1. The molecule has 1 aromatic carbocycles. The number of carbonyl (C=O) groups excluding carboxylic acids is 1. The van der Waals surface area contributed by atoms with E-state index in [1.807, 2.05) is 6.07 Å². The van der Waals surface area contributed by atoms with Crippen molar-refractivity contribution in [3.05, 3.63) is 47.3 Å². The lowest BCUT2D eigenvalue weighted by atomic mass is 10.1. The van der Waals surface area contributed by atoms with Crippen LogP contribution in [0.1, 0.15) is 16.7 Å². The summed E-state index contributed by atoms with van der Waals surface area (Å²) in [6, 6.07) is 5.27. The van der Waals surface area contributed by atoms with Crippen LogP contribution >= 0.6 is 0 Å². The summed E-state index contributed by atoms with van der Waals surface area (Å²) in [5, 5.41) is 12.1. The van der Waals surface area contributed by atoms with Crippen molar-refractivity contribution in [1.82, 2.24) is 4.57 Å². The fourth-order valence-electron chi connectivity index (χ4n) is 2.04. The predicted octanol–water partition coefficient (Wildman–Crippen LogP) is 2.62. The van der Waals surface area contributed by atoms with E-state index in [0.29, 0.717) is 12.1 Å². The number of hydrogen-bond acceptors (Lipinski definition) is 2. The normalized spacial score (nSPS) is 10.4. The lowest BCUT2D eigenvalue weighted by Crippen LogP contribution is -2.00. The van der Waals surface area contributed by atoms with E-state index in [1.165, 1.54) is 11.1 Å². The van der Waals surface area contributed by atoms with E-state index in [4.69, 9.17) is 0 Å². The van der Waals surface area contributed by atoms with Crippen molar-refractivity contribution in [3.63, 3.8) is 0 Å². The lowest BCUT2D eigenvalue weighted by molar-refractivity contribution is -0.105. The summed E-state index contributed by atoms with van der Waals surface area (Å²) in [6.45, 7) is 5.07. The van der Waals surface area contributed by atoms with Crippen LogP contribution in [0.25, 0.3) is 0 Å². The monoisotopic (exact) mass is 258 g/mol. The maximum atomic E-state index is 10.4. The van der Waals surface area contributed by atoms with Gasteiger partial charge < -0.3 is 15.0 Å². The number of aromatic hydroxyl groups is 1. The Balaban J connectivity index is 2.06. The van der Waals surface area contributed by atoms with Gasteiger partial charge in [-0.05, 0) is 49.1 Å². The SMILES string of the molecule is Cc1cn(CCc2ccc(O)c(NC=O)c2)cc1C. The summed E-state index contributed by atoms with van der Waals surface area (Å²) in [5.74, 6) is 0.0866. The molecule has 0 aliphatic heterocycles. The Hall–Kier alpha value is -2.23. The van der Waals surface area contributed by atoms with Crippen LogP contribution in [-0.2, 0) is 17.8 Å². The first kappa shape index (κ1) is 13.2. The smallest absolute Gasteiger partial charge is 0.211 e. The molecule has 2 N–H and O–H groups in total. The first-order chi connectivity index (χ1) is 9.10. The Morgan fingerprint density at radius 2 is 1.95 bits per heavy atom. The van der Waals surface area contributed by atoms with Crippen LogP contribution < -0.4 is 5.32 Å². The van der Waals surface area contributed by atoms with Gasteiger partial charge in [0.15, 0.2) is 0 Å². The summed E-state index contributed by atoms with van der Waals surface area (Å²) < 4.78 is 2.16. The quantitative estimate of drug-likeness (QED) is 0.640. The second kappa shape index (κ2) is 5.61. The van der Waals surface area contributed by atoms with Crippen molar-refractivity contribution < 1.29 is 9.90 Å². The van der Waals surface area contributed by atoms with Crippen molar-refractivity contribution in [2.24, 2.45) is 0 Å². The molecule has 0 fully saturated rings. The second-order valence-electron chi connectivity index (χ2n) is 4.73. The minimum Gasteiger partial charge on any atom is -0.506 e. The number of nitrogens with zero attached hydrogens (tertiary/aromatic N) is 1. The van der Waals surface area contributed by atoms with Crippen LogP contribution in [0.4, 0.5) is 5.69 Å². The zero-order valence-electron chi connectivity index (χ0n) is 11.2.